The molecule has 0 atom stereocenters. The third-order valence-corrected chi connectivity index (χ3v) is 6.44. The summed E-state index contributed by atoms with van der Waals surface area (Å²) in [6.45, 7) is 8.16. The minimum atomic E-state index is -0.0446. The summed E-state index contributed by atoms with van der Waals surface area (Å²) < 4.78 is 0. The van der Waals surface area contributed by atoms with Crippen LogP contribution in [0.2, 0.25) is 0 Å². The fraction of sp³-hybridized carbons (Fsp3) is 0.333. The van der Waals surface area contributed by atoms with Crippen molar-refractivity contribution in [2.45, 2.75) is 26.8 Å². The maximum atomic E-state index is 12.5. The van der Waals surface area contributed by atoms with Crippen molar-refractivity contribution >= 4 is 28.7 Å². The van der Waals surface area contributed by atoms with Gasteiger partial charge in [-0.3, -0.25) is 9.69 Å². The number of carbonyl (C=O) groups is 1. The molecule has 2 aromatic heterocycles. The monoisotopic (exact) mass is 446 g/mol. The van der Waals surface area contributed by atoms with E-state index >= 15 is 0 Å². The topological polar surface area (TPSA) is 85.2 Å². The number of rotatable bonds is 6. The van der Waals surface area contributed by atoms with Gasteiger partial charge in [-0.1, -0.05) is 12.1 Å². The molecule has 1 saturated heterocycles. The third kappa shape index (κ3) is 5.31. The van der Waals surface area contributed by atoms with Crippen LogP contribution in [0, 0.1) is 25.2 Å². The van der Waals surface area contributed by atoms with Gasteiger partial charge in [0, 0.05) is 50.0 Å². The number of piperazine rings is 1. The second kappa shape index (κ2) is 9.90. The van der Waals surface area contributed by atoms with E-state index in [1.54, 1.807) is 12.3 Å². The van der Waals surface area contributed by atoms with Crippen molar-refractivity contribution in [1.29, 1.82) is 5.26 Å². The van der Waals surface area contributed by atoms with E-state index in [9.17, 15) is 10.1 Å². The molecule has 0 saturated carbocycles. The zero-order chi connectivity index (χ0) is 22.5. The summed E-state index contributed by atoms with van der Waals surface area (Å²) in [6, 6.07) is 11.9. The van der Waals surface area contributed by atoms with Crippen molar-refractivity contribution in [3.8, 4) is 6.07 Å². The van der Waals surface area contributed by atoms with Gasteiger partial charge in [-0.15, -0.1) is 11.3 Å². The molecule has 0 aliphatic carbocycles. The molecule has 0 bridgehead atoms. The highest BCUT2D eigenvalue weighted by Gasteiger charge is 2.21. The summed E-state index contributed by atoms with van der Waals surface area (Å²) in [7, 11) is 0. The van der Waals surface area contributed by atoms with Crippen LogP contribution in [-0.2, 0) is 17.8 Å². The molecule has 3 aromatic rings. The van der Waals surface area contributed by atoms with Crippen LogP contribution in [0.1, 0.15) is 27.4 Å². The summed E-state index contributed by atoms with van der Waals surface area (Å²) in [6.07, 6.45) is 2.01. The number of nitriles is 1. The second-order valence-corrected chi connectivity index (χ2v) is 8.97. The Morgan fingerprint density at radius 1 is 1.22 bits per heavy atom. The smallest absolute Gasteiger partial charge is 0.231 e. The van der Waals surface area contributed by atoms with E-state index in [1.807, 2.05) is 43.5 Å². The fourth-order valence-corrected chi connectivity index (χ4v) is 4.57. The van der Waals surface area contributed by atoms with Crippen molar-refractivity contribution in [3.05, 3.63) is 69.3 Å². The Hall–Kier alpha value is -3.28. The first-order valence-corrected chi connectivity index (χ1v) is 11.5. The number of thiazole rings is 1. The maximum absolute atomic E-state index is 12.5. The first kappa shape index (κ1) is 21.9. The molecule has 7 nitrogen and oxygen atoms in total. The number of amides is 1. The quantitative estimate of drug-likeness (QED) is 0.624. The Kier molecular flexibility index (Phi) is 6.78. The van der Waals surface area contributed by atoms with E-state index in [4.69, 9.17) is 0 Å². The van der Waals surface area contributed by atoms with Crippen LogP contribution in [0.5, 0.6) is 0 Å². The predicted molar refractivity (Wildman–Crippen MR) is 127 cm³/mol. The molecular formula is C24H26N6OS. The molecule has 1 amide bonds. The van der Waals surface area contributed by atoms with E-state index in [2.05, 4.69) is 31.2 Å². The number of anilines is 2. The summed E-state index contributed by atoms with van der Waals surface area (Å²) in [5.41, 5.74) is 4.64. The average molecular weight is 447 g/mol. The van der Waals surface area contributed by atoms with Gasteiger partial charge in [0.05, 0.1) is 17.7 Å². The van der Waals surface area contributed by atoms with Crippen molar-refractivity contribution in [1.82, 2.24) is 14.9 Å². The van der Waals surface area contributed by atoms with E-state index in [0.717, 1.165) is 66.1 Å². The van der Waals surface area contributed by atoms with Gasteiger partial charge in [-0.25, -0.2) is 9.97 Å². The molecule has 1 N–H and O–H groups in total. The third-order valence-electron chi connectivity index (χ3n) is 5.54. The fourth-order valence-electron chi connectivity index (χ4n) is 3.79. The van der Waals surface area contributed by atoms with Gasteiger partial charge in [0.2, 0.25) is 5.91 Å². The lowest BCUT2D eigenvalue weighted by molar-refractivity contribution is -0.115. The summed E-state index contributed by atoms with van der Waals surface area (Å²) in [4.78, 5) is 26.1. The number of hydrogen-bond donors (Lipinski definition) is 1. The second-order valence-electron chi connectivity index (χ2n) is 8.03. The molecule has 0 spiro atoms. The minimum Gasteiger partial charge on any atom is -0.353 e. The first-order valence-electron chi connectivity index (χ1n) is 10.6. The Morgan fingerprint density at radius 3 is 2.81 bits per heavy atom. The lowest BCUT2D eigenvalue weighted by atomic mass is 10.1. The summed E-state index contributed by atoms with van der Waals surface area (Å²) in [5.74, 6) is 0.720. The number of hydrogen-bond acceptors (Lipinski definition) is 7. The molecule has 8 heteroatoms. The van der Waals surface area contributed by atoms with Crippen molar-refractivity contribution in [3.63, 3.8) is 0 Å². The Bertz CT molecular complexity index is 1140. The number of benzene rings is 1. The van der Waals surface area contributed by atoms with Crippen molar-refractivity contribution in [2.24, 2.45) is 0 Å². The van der Waals surface area contributed by atoms with Crippen LogP contribution in [0.15, 0.2) is 41.9 Å². The highest BCUT2D eigenvalue weighted by Crippen LogP contribution is 2.20. The molecule has 1 aliphatic rings. The van der Waals surface area contributed by atoms with E-state index in [1.165, 1.54) is 11.3 Å². The summed E-state index contributed by atoms with van der Waals surface area (Å²) >= 11 is 1.53. The normalized spacial score (nSPS) is 14.2. The van der Waals surface area contributed by atoms with Gasteiger partial charge < -0.3 is 10.2 Å². The van der Waals surface area contributed by atoms with Gasteiger partial charge in [0.25, 0.3) is 0 Å². The molecule has 164 valence electrons. The lowest BCUT2D eigenvalue weighted by Crippen LogP contribution is -2.46. The van der Waals surface area contributed by atoms with Gasteiger partial charge >= 0.3 is 0 Å². The standard InChI is InChI=1S/C24H26N6OS/c1-17-5-6-18(2)21(12-17)28-22(31)13-23-27-20(16-32-23)15-29-8-10-30(11-9-29)24-19(14-25)4-3-7-26-24/h3-7,12,16H,8-11,13,15H2,1-2H3,(H,28,31). The number of nitrogens with zero attached hydrogens (tertiary/aromatic N) is 5. The number of aryl methyl sites for hydroxylation is 2. The van der Waals surface area contributed by atoms with Crippen LogP contribution in [0.4, 0.5) is 11.5 Å². The van der Waals surface area contributed by atoms with E-state index in [0.29, 0.717) is 5.56 Å². The SMILES string of the molecule is Cc1ccc(C)c(NC(=O)Cc2nc(CN3CCN(c4ncccc4C#N)CC3)cs2)c1. The van der Waals surface area contributed by atoms with Crippen LogP contribution in [0.25, 0.3) is 0 Å². The molecular weight excluding hydrogens is 420 g/mol. The Labute approximate surface area is 192 Å². The van der Waals surface area contributed by atoms with Gasteiger partial charge in [0.1, 0.15) is 16.9 Å². The van der Waals surface area contributed by atoms with Gasteiger partial charge in [0.15, 0.2) is 0 Å². The van der Waals surface area contributed by atoms with Crippen LogP contribution in [0.3, 0.4) is 0 Å². The Morgan fingerprint density at radius 2 is 2.03 bits per heavy atom. The first-order chi connectivity index (χ1) is 15.5. The minimum absolute atomic E-state index is 0.0446. The number of aromatic nitrogens is 2. The van der Waals surface area contributed by atoms with E-state index < -0.39 is 0 Å². The number of nitrogens with one attached hydrogen (secondary N) is 1. The van der Waals surface area contributed by atoms with Crippen molar-refractivity contribution in [2.75, 3.05) is 36.4 Å². The molecule has 1 aliphatic heterocycles. The summed E-state index contributed by atoms with van der Waals surface area (Å²) in [5, 5.41) is 15.2. The zero-order valence-corrected chi connectivity index (χ0v) is 19.2. The number of carbonyl (C=O) groups excluding carboxylic acids is 1. The lowest BCUT2D eigenvalue weighted by Gasteiger charge is -2.35. The molecule has 3 heterocycles. The molecule has 1 fully saturated rings. The predicted octanol–water partition coefficient (Wildman–Crippen LogP) is 3.53. The molecule has 0 unspecified atom stereocenters. The molecule has 4 rings (SSSR count). The van der Waals surface area contributed by atoms with E-state index in [-0.39, 0.29) is 12.3 Å². The average Bonchev–Trinajstić information content (AvgIpc) is 3.23. The van der Waals surface area contributed by atoms with Crippen LogP contribution < -0.4 is 10.2 Å². The van der Waals surface area contributed by atoms with Gasteiger partial charge in [-0.2, -0.15) is 5.26 Å². The molecule has 1 aromatic carbocycles. The maximum Gasteiger partial charge on any atom is 0.231 e. The Balaban J connectivity index is 1.29. The zero-order valence-electron chi connectivity index (χ0n) is 18.3. The highest BCUT2D eigenvalue weighted by atomic mass is 32.1. The number of pyridine rings is 1. The van der Waals surface area contributed by atoms with Crippen LogP contribution >= 0.6 is 11.3 Å². The van der Waals surface area contributed by atoms with Crippen LogP contribution in [-0.4, -0.2) is 47.0 Å². The van der Waals surface area contributed by atoms with Gasteiger partial charge in [-0.05, 0) is 43.2 Å². The largest absolute Gasteiger partial charge is 0.353 e. The van der Waals surface area contributed by atoms with Crippen molar-refractivity contribution < 1.29 is 4.79 Å². The molecule has 0 radical (unpaired) electrons. The highest BCUT2D eigenvalue weighted by molar-refractivity contribution is 7.09. The molecule has 32 heavy (non-hydrogen) atoms.